The van der Waals surface area contributed by atoms with E-state index in [4.69, 9.17) is 27.4 Å². The topological polar surface area (TPSA) is 91.9 Å². The van der Waals surface area contributed by atoms with Crippen molar-refractivity contribution in [3.63, 3.8) is 0 Å². The van der Waals surface area contributed by atoms with Gasteiger partial charge >= 0.3 is 0 Å². The van der Waals surface area contributed by atoms with Crippen molar-refractivity contribution in [2.24, 2.45) is 10.7 Å². The van der Waals surface area contributed by atoms with E-state index >= 15 is 0 Å². The zero-order valence-electron chi connectivity index (χ0n) is 9.82. The minimum absolute atomic E-state index is 0.0196. The number of nitrogens with two attached hydrogens (primary N) is 1. The van der Waals surface area contributed by atoms with Crippen LogP contribution in [0, 0.1) is 0 Å². The van der Waals surface area contributed by atoms with Crippen LogP contribution in [0.4, 0.5) is 0 Å². The number of hydrogen-bond acceptors (Lipinski definition) is 5. The minimum Gasteiger partial charge on any atom is -0.404 e. The van der Waals surface area contributed by atoms with Crippen LogP contribution in [0.2, 0.25) is 0 Å². The number of halogens is 1. The van der Waals surface area contributed by atoms with Gasteiger partial charge in [-0.2, -0.15) is 0 Å². The Morgan fingerprint density at radius 2 is 2.41 bits per heavy atom. The number of aliphatic hydroxyl groups excluding tert-OH is 1. The first-order valence-electron chi connectivity index (χ1n) is 5.51. The molecule has 98 valence electrons. The highest BCUT2D eigenvalue weighted by Gasteiger charge is 2.24. The fraction of sp³-hybridized carbons (Fsp3) is 0.700. The predicted octanol–water partition coefficient (Wildman–Crippen LogP) is -0.312. The first kappa shape index (κ1) is 14.2. The fourth-order valence-corrected chi connectivity index (χ4v) is 1.81. The lowest BCUT2D eigenvalue weighted by atomic mass is 10.2. The van der Waals surface area contributed by atoms with E-state index in [1.807, 2.05) is 7.05 Å². The van der Waals surface area contributed by atoms with Crippen molar-refractivity contribution in [3.05, 3.63) is 11.8 Å². The molecule has 2 unspecified atom stereocenters. The second-order valence-electron chi connectivity index (χ2n) is 3.77. The van der Waals surface area contributed by atoms with Crippen LogP contribution in [0.25, 0.3) is 0 Å². The van der Waals surface area contributed by atoms with Crippen molar-refractivity contribution in [3.8, 4) is 0 Å². The van der Waals surface area contributed by atoms with Crippen LogP contribution >= 0.6 is 11.8 Å². The molecule has 0 aliphatic carbocycles. The van der Waals surface area contributed by atoms with Crippen molar-refractivity contribution in [2.75, 3.05) is 20.2 Å². The molecular formula is C10H19ClN4O2. The van der Waals surface area contributed by atoms with Gasteiger partial charge in [-0.1, -0.05) is 0 Å². The van der Waals surface area contributed by atoms with Crippen LogP contribution in [-0.4, -0.2) is 43.5 Å². The zero-order valence-corrected chi connectivity index (χ0v) is 10.6. The number of nitrogens with one attached hydrogen (secondary N) is 2. The van der Waals surface area contributed by atoms with Gasteiger partial charge in [0.15, 0.2) is 6.23 Å². The van der Waals surface area contributed by atoms with Crippen molar-refractivity contribution >= 4 is 17.6 Å². The first-order chi connectivity index (χ1) is 8.24. The van der Waals surface area contributed by atoms with Crippen LogP contribution in [0.3, 0.4) is 0 Å². The summed E-state index contributed by atoms with van der Waals surface area (Å²) in [5, 5.41) is 11.9. The summed E-state index contributed by atoms with van der Waals surface area (Å²) in [6.45, 7) is 0.580. The average Bonchev–Trinajstić information content (AvgIpc) is 2.81. The molecule has 1 rings (SSSR count). The van der Waals surface area contributed by atoms with E-state index < -0.39 is 0 Å². The van der Waals surface area contributed by atoms with Crippen molar-refractivity contribution < 1.29 is 9.84 Å². The summed E-state index contributed by atoms with van der Waals surface area (Å²) in [4.78, 5) is 6.82. The van der Waals surface area contributed by atoms with Crippen LogP contribution in [0.1, 0.15) is 12.8 Å². The van der Waals surface area contributed by atoms with Gasteiger partial charge in [-0.3, -0.25) is 4.84 Å². The number of hydrogen-bond donors (Lipinski definition) is 4. The molecule has 1 heterocycles. The van der Waals surface area contributed by atoms with E-state index in [1.54, 1.807) is 0 Å². The summed E-state index contributed by atoms with van der Waals surface area (Å²) in [7, 11) is 1.81. The number of aliphatic imine (C=N–C) groups is 1. The lowest BCUT2D eigenvalue weighted by Crippen LogP contribution is -2.26. The fourth-order valence-electron chi connectivity index (χ4n) is 1.64. The first-order valence-corrected chi connectivity index (χ1v) is 5.89. The highest BCUT2D eigenvalue weighted by Crippen LogP contribution is 2.20. The average molecular weight is 263 g/mol. The van der Waals surface area contributed by atoms with Gasteiger partial charge in [0.25, 0.3) is 0 Å². The molecule has 1 aliphatic rings. The Hall–Kier alpha value is -0.820. The van der Waals surface area contributed by atoms with E-state index in [0.29, 0.717) is 12.4 Å². The van der Waals surface area contributed by atoms with Crippen molar-refractivity contribution in [2.45, 2.75) is 25.2 Å². The largest absolute Gasteiger partial charge is 0.404 e. The normalized spacial score (nSPS) is 26.3. The highest BCUT2D eigenvalue weighted by atomic mass is 35.5. The van der Waals surface area contributed by atoms with Gasteiger partial charge in [-0.05, 0) is 19.9 Å². The lowest BCUT2D eigenvalue weighted by Gasteiger charge is -2.12. The molecule has 0 aromatic carbocycles. The molecular weight excluding hydrogens is 244 g/mol. The maximum absolute atomic E-state index is 8.96. The van der Waals surface area contributed by atoms with E-state index in [1.165, 1.54) is 6.20 Å². The van der Waals surface area contributed by atoms with Gasteiger partial charge in [-0.15, -0.1) is 0 Å². The van der Waals surface area contributed by atoms with Gasteiger partial charge in [-0.25, -0.2) is 4.99 Å². The summed E-state index contributed by atoms with van der Waals surface area (Å²) in [6.07, 6.45) is 2.61. The number of aliphatic hydroxyl groups is 1. The Kier molecular flexibility index (Phi) is 6.28. The Labute approximate surface area is 106 Å². The third-order valence-corrected chi connectivity index (χ3v) is 2.70. The molecule has 0 bridgehead atoms. The maximum Gasteiger partial charge on any atom is 0.151 e. The molecule has 5 N–H and O–H groups in total. The summed E-state index contributed by atoms with van der Waals surface area (Å²) in [6, 6.07) is 0. The van der Waals surface area contributed by atoms with Gasteiger partial charge in [0.1, 0.15) is 5.84 Å². The zero-order chi connectivity index (χ0) is 12.7. The number of amidine groups is 1. The molecule has 0 amide bonds. The molecule has 0 aromatic heterocycles. The smallest absolute Gasteiger partial charge is 0.151 e. The molecule has 17 heavy (non-hydrogen) atoms. The monoisotopic (exact) mass is 262 g/mol. The van der Waals surface area contributed by atoms with E-state index in [0.717, 1.165) is 18.4 Å². The van der Waals surface area contributed by atoms with Crippen LogP contribution in [0.15, 0.2) is 16.8 Å². The van der Waals surface area contributed by atoms with Gasteiger partial charge in [0.2, 0.25) is 0 Å². The molecule has 1 aliphatic heterocycles. The number of likely N-dealkylation sites (N-methyl/N-ethyl adjacent to an activating group) is 1. The van der Waals surface area contributed by atoms with Crippen LogP contribution in [-0.2, 0) is 4.74 Å². The standard InChI is InChI=1S/C10H19ClN4O2/c1-13-5-7(4-12)10(15-11)14-9-3-2-8(6-16)17-9/h4,8-9,13,16H,2-3,5-6,12H2,1H3,(H,14,15)/b7-4-. The second-order valence-corrected chi connectivity index (χ2v) is 3.96. The lowest BCUT2D eigenvalue weighted by molar-refractivity contribution is 0.0158. The molecule has 6 nitrogen and oxygen atoms in total. The van der Waals surface area contributed by atoms with Gasteiger partial charge in [0, 0.05) is 30.1 Å². The number of nitrogens with zero attached hydrogens (tertiary/aromatic N) is 1. The Morgan fingerprint density at radius 3 is 2.88 bits per heavy atom. The predicted molar refractivity (Wildman–Crippen MR) is 67.6 cm³/mol. The van der Waals surface area contributed by atoms with Gasteiger partial charge in [0.05, 0.1) is 12.7 Å². The summed E-state index contributed by atoms with van der Waals surface area (Å²) < 4.78 is 5.49. The number of rotatable bonds is 5. The Morgan fingerprint density at radius 1 is 1.65 bits per heavy atom. The van der Waals surface area contributed by atoms with E-state index in [-0.39, 0.29) is 18.9 Å². The molecule has 1 fully saturated rings. The molecule has 2 atom stereocenters. The highest BCUT2D eigenvalue weighted by molar-refractivity contribution is 6.25. The third kappa shape index (κ3) is 4.16. The summed E-state index contributed by atoms with van der Waals surface area (Å²) in [5.74, 6) is 0.493. The summed E-state index contributed by atoms with van der Waals surface area (Å²) in [5.41, 5.74) is 6.26. The van der Waals surface area contributed by atoms with E-state index in [9.17, 15) is 0 Å². The molecule has 0 aromatic rings. The second kappa shape index (κ2) is 7.50. The molecule has 1 saturated heterocycles. The molecule has 0 spiro atoms. The summed E-state index contributed by atoms with van der Waals surface area (Å²) >= 11 is 5.62. The minimum atomic E-state index is -0.278. The Balaban J connectivity index is 2.66. The molecule has 0 saturated carbocycles. The third-order valence-electron chi connectivity index (χ3n) is 2.52. The van der Waals surface area contributed by atoms with Crippen LogP contribution < -0.4 is 15.9 Å². The number of ether oxygens (including phenoxy) is 1. The molecule has 7 heteroatoms. The maximum atomic E-state index is 8.96. The van der Waals surface area contributed by atoms with Crippen molar-refractivity contribution in [1.29, 1.82) is 0 Å². The van der Waals surface area contributed by atoms with E-state index in [2.05, 4.69) is 15.1 Å². The van der Waals surface area contributed by atoms with Crippen LogP contribution in [0.5, 0.6) is 0 Å². The molecule has 0 radical (unpaired) electrons. The SMILES string of the molecule is CNCC(=C/N)/C(=N\C1CCC(CO)O1)NCl. The Bertz CT molecular complexity index is 296. The quantitative estimate of drug-likeness (QED) is 0.310. The van der Waals surface area contributed by atoms with Gasteiger partial charge < -0.3 is 20.9 Å². The van der Waals surface area contributed by atoms with Crippen molar-refractivity contribution in [1.82, 2.24) is 10.2 Å².